The minimum absolute atomic E-state index is 0.115. The summed E-state index contributed by atoms with van der Waals surface area (Å²) in [6.07, 6.45) is 2.21. The summed E-state index contributed by atoms with van der Waals surface area (Å²) in [6.45, 7) is 4.09. The summed E-state index contributed by atoms with van der Waals surface area (Å²) in [7, 11) is 1.51. The SMILES string of the molecule is COc1cc2c3c(c1)c(=O)c(C(=O)NC(C(=O)NC1C(=O)N4C1SC(C)(C)C4C(=O)O)c1ccccc1)cn3CC2. The van der Waals surface area contributed by atoms with Crippen molar-refractivity contribution in [2.45, 2.75) is 55.1 Å². The van der Waals surface area contributed by atoms with E-state index in [1.54, 1.807) is 50.2 Å². The predicted molar refractivity (Wildman–Crippen MR) is 151 cm³/mol. The molecule has 3 N–H and O–H groups in total. The number of benzene rings is 2. The maximum Gasteiger partial charge on any atom is 0.327 e. The van der Waals surface area contributed by atoms with Gasteiger partial charge in [-0.3, -0.25) is 19.2 Å². The Kier molecular flexibility index (Phi) is 6.33. The van der Waals surface area contributed by atoms with Crippen molar-refractivity contribution in [2.75, 3.05) is 7.11 Å². The number of nitrogens with zero attached hydrogens (tertiary/aromatic N) is 2. The fourth-order valence-electron chi connectivity index (χ4n) is 6.03. The minimum Gasteiger partial charge on any atom is -0.497 e. The molecule has 3 amide bonds. The lowest BCUT2D eigenvalue weighted by atomic mass is 9.95. The number of fused-ring (bicyclic) bond motifs is 1. The van der Waals surface area contributed by atoms with Crippen LogP contribution < -0.4 is 20.8 Å². The monoisotopic (exact) mass is 576 g/mol. The van der Waals surface area contributed by atoms with Gasteiger partial charge in [0.2, 0.25) is 17.2 Å². The number of carboxylic acids is 1. The lowest BCUT2D eigenvalue weighted by molar-refractivity contribution is -0.161. The van der Waals surface area contributed by atoms with Gasteiger partial charge < -0.3 is 29.9 Å². The summed E-state index contributed by atoms with van der Waals surface area (Å²) in [6, 6.07) is 8.83. The molecule has 3 aliphatic rings. The Morgan fingerprint density at radius 3 is 2.56 bits per heavy atom. The molecule has 4 unspecified atom stereocenters. The van der Waals surface area contributed by atoms with E-state index in [4.69, 9.17) is 4.74 Å². The number of aryl methyl sites for hydroxylation is 2. The Labute approximate surface area is 238 Å². The number of methoxy groups -OCH3 is 1. The molecule has 0 spiro atoms. The van der Waals surface area contributed by atoms with Crippen LogP contribution in [0.2, 0.25) is 0 Å². The first-order valence-corrected chi connectivity index (χ1v) is 14.0. The number of carbonyl (C=O) groups excluding carboxylic acids is 3. The standard InChI is InChI=1S/C29H28N4O7S/c1-29(2)23(28(38)39)33-26(37)20(27(33)41-29)31-25(36)19(14-7-5-4-6-8-14)30-24(35)18-13-32-10-9-15-11-16(40-3)12-17(21(15)32)22(18)34/h4-8,11-13,19-20,23,27H,9-10H2,1-3H3,(H,30,35)(H,31,36)(H,38,39). The first kappa shape index (κ1) is 26.9. The van der Waals surface area contributed by atoms with E-state index in [1.807, 2.05) is 10.6 Å². The Morgan fingerprint density at radius 1 is 1.15 bits per heavy atom. The van der Waals surface area contributed by atoms with Crippen molar-refractivity contribution < 1.29 is 29.0 Å². The van der Waals surface area contributed by atoms with E-state index in [9.17, 15) is 29.1 Å². The van der Waals surface area contributed by atoms with E-state index in [2.05, 4.69) is 10.6 Å². The van der Waals surface area contributed by atoms with Gasteiger partial charge in [0.05, 0.1) is 18.0 Å². The molecule has 3 aromatic rings. The highest BCUT2D eigenvalue weighted by Crippen LogP contribution is 2.50. The quantitative estimate of drug-likeness (QED) is 0.360. The molecule has 0 radical (unpaired) electrons. The van der Waals surface area contributed by atoms with Crippen molar-refractivity contribution in [1.29, 1.82) is 0 Å². The van der Waals surface area contributed by atoms with Crippen LogP contribution in [-0.2, 0) is 27.3 Å². The van der Waals surface area contributed by atoms with Crippen LogP contribution in [0, 0.1) is 0 Å². The number of hydrogen-bond acceptors (Lipinski definition) is 7. The van der Waals surface area contributed by atoms with Gasteiger partial charge in [-0.1, -0.05) is 30.3 Å². The number of nitrogens with one attached hydrogen (secondary N) is 2. The first-order chi connectivity index (χ1) is 19.5. The van der Waals surface area contributed by atoms with Crippen molar-refractivity contribution >= 4 is 46.4 Å². The smallest absolute Gasteiger partial charge is 0.327 e. The second-order valence-electron chi connectivity index (χ2n) is 10.9. The zero-order valence-electron chi connectivity index (χ0n) is 22.5. The molecule has 11 nitrogen and oxygen atoms in total. The average molecular weight is 577 g/mol. The molecule has 0 aliphatic carbocycles. The van der Waals surface area contributed by atoms with Gasteiger partial charge >= 0.3 is 5.97 Å². The van der Waals surface area contributed by atoms with E-state index in [0.29, 0.717) is 29.7 Å². The Hall–Kier alpha value is -4.32. The summed E-state index contributed by atoms with van der Waals surface area (Å²) in [5.74, 6) is -2.45. The van der Waals surface area contributed by atoms with Crippen LogP contribution in [-0.4, -0.2) is 67.6 Å². The third-order valence-electron chi connectivity index (χ3n) is 7.97. The Bertz CT molecular complexity index is 1690. The summed E-state index contributed by atoms with van der Waals surface area (Å²) < 4.78 is 6.46. The van der Waals surface area contributed by atoms with E-state index >= 15 is 0 Å². The van der Waals surface area contributed by atoms with Gasteiger partial charge in [-0.15, -0.1) is 11.8 Å². The summed E-state index contributed by atoms with van der Waals surface area (Å²) >= 11 is 1.31. The second-order valence-corrected chi connectivity index (χ2v) is 12.7. The summed E-state index contributed by atoms with van der Waals surface area (Å²) in [5.41, 5.74) is 1.59. The topological polar surface area (TPSA) is 147 Å². The van der Waals surface area contributed by atoms with Crippen LogP contribution >= 0.6 is 11.8 Å². The number of carbonyl (C=O) groups is 4. The van der Waals surface area contributed by atoms with Crippen LogP contribution in [0.1, 0.15) is 41.4 Å². The summed E-state index contributed by atoms with van der Waals surface area (Å²) in [4.78, 5) is 66.8. The van der Waals surface area contributed by atoms with E-state index < -0.39 is 57.4 Å². The predicted octanol–water partition coefficient (Wildman–Crippen LogP) is 1.67. The number of pyridine rings is 1. The molecule has 12 heteroatoms. The average Bonchev–Trinajstić information content (AvgIpc) is 3.48. The van der Waals surface area contributed by atoms with Gasteiger partial charge in [0.25, 0.3) is 5.91 Å². The molecule has 4 heterocycles. The van der Waals surface area contributed by atoms with Crippen molar-refractivity contribution in [1.82, 2.24) is 20.1 Å². The molecule has 212 valence electrons. The molecule has 4 atom stereocenters. The molecular formula is C29H28N4O7S. The highest BCUT2D eigenvalue weighted by atomic mass is 32.2. The second kappa shape index (κ2) is 9.65. The van der Waals surface area contributed by atoms with Gasteiger partial charge in [-0.25, -0.2) is 4.79 Å². The van der Waals surface area contributed by atoms with Crippen molar-refractivity contribution in [3.8, 4) is 5.75 Å². The van der Waals surface area contributed by atoms with Gasteiger partial charge in [0.1, 0.15) is 34.8 Å². The number of thioether (sulfide) groups is 1. The first-order valence-electron chi connectivity index (χ1n) is 13.1. The van der Waals surface area contributed by atoms with E-state index in [-0.39, 0.29) is 5.56 Å². The molecule has 6 rings (SSSR count). The molecule has 1 aromatic heterocycles. The number of aromatic nitrogens is 1. The van der Waals surface area contributed by atoms with Crippen LogP contribution in [0.25, 0.3) is 10.9 Å². The van der Waals surface area contributed by atoms with Crippen LogP contribution in [0.5, 0.6) is 5.75 Å². The zero-order chi connectivity index (χ0) is 29.2. The molecule has 0 bridgehead atoms. The largest absolute Gasteiger partial charge is 0.497 e. The third-order valence-corrected chi connectivity index (χ3v) is 9.54. The Balaban J connectivity index is 1.29. The minimum atomic E-state index is -1.21. The maximum atomic E-state index is 13.6. The Morgan fingerprint density at radius 2 is 1.88 bits per heavy atom. The van der Waals surface area contributed by atoms with Crippen molar-refractivity contribution in [2.24, 2.45) is 0 Å². The molecule has 3 aliphatic heterocycles. The van der Waals surface area contributed by atoms with Gasteiger partial charge in [0, 0.05) is 17.5 Å². The zero-order valence-corrected chi connectivity index (χ0v) is 23.4. The normalized spacial score (nSPS) is 22.6. The molecule has 2 fully saturated rings. The highest BCUT2D eigenvalue weighted by molar-refractivity contribution is 8.01. The maximum absolute atomic E-state index is 13.6. The molecular weight excluding hydrogens is 548 g/mol. The molecule has 2 saturated heterocycles. The highest BCUT2D eigenvalue weighted by Gasteiger charge is 2.64. The fraction of sp³-hybridized carbons (Fsp3) is 0.345. The number of ether oxygens (including phenoxy) is 1. The number of aliphatic carboxylic acids is 1. The number of carboxylic acid groups (broad SMARTS) is 1. The van der Waals surface area contributed by atoms with Gasteiger partial charge in [0.15, 0.2) is 0 Å². The molecule has 2 aromatic carbocycles. The number of rotatable bonds is 7. The molecule has 0 saturated carbocycles. The van der Waals surface area contributed by atoms with Crippen molar-refractivity contribution in [3.63, 3.8) is 0 Å². The van der Waals surface area contributed by atoms with Gasteiger partial charge in [-0.05, 0) is 43.5 Å². The summed E-state index contributed by atoms with van der Waals surface area (Å²) in [5, 5.41) is 14.9. The number of hydrogen-bond donors (Lipinski definition) is 3. The molecule has 41 heavy (non-hydrogen) atoms. The fourth-order valence-corrected chi connectivity index (χ4v) is 7.65. The van der Waals surface area contributed by atoms with Crippen LogP contribution in [0.15, 0.2) is 53.5 Å². The lowest BCUT2D eigenvalue weighted by Crippen LogP contribution is -2.71. The lowest BCUT2D eigenvalue weighted by Gasteiger charge is -2.44. The van der Waals surface area contributed by atoms with Crippen LogP contribution in [0.3, 0.4) is 0 Å². The van der Waals surface area contributed by atoms with E-state index in [1.165, 1.54) is 30.0 Å². The van der Waals surface area contributed by atoms with Crippen LogP contribution in [0.4, 0.5) is 0 Å². The third kappa shape index (κ3) is 4.24. The number of β-lactam (4-membered cyclic amide) rings is 1. The van der Waals surface area contributed by atoms with E-state index in [0.717, 1.165) is 11.1 Å². The van der Waals surface area contributed by atoms with Crippen molar-refractivity contribution in [3.05, 3.63) is 75.6 Å². The number of amides is 3. The van der Waals surface area contributed by atoms with Gasteiger partial charge in [-0.2, -0.15) is 0 Å².